The minimum atomic E-state index is 0.107. The molecule has 1 saturated carbocycles. The minimum absolute atomic E-state index is 0.107. The molecule has 0 bridgehead atoms. The maximum absolute atomic E-state index is 5.89. The average Bonchev–Trinajstić information content (AvgIpc) is 3.09. The first kappa shape index (κ1) is 17.1. The van der Waals surface area contributed by atoms with E-state index >= 15 is 0 Å². The second-order valence-corrected chi connectivity index (χ2v) is 7.18. The molecule has 0 amide bonds. The predicted octanol–water partition coefficient (Wildman–Crippen LogP) is 5.95. The molecule has 3 aromatic rings. The number of hydrogen-bond acceptors (Lipinski definition) is 4. The van der Waals surface area contributed by atoms with E-state index in [1.54, 1.807) is 7.11 Å². The highest BCUT2D eigenvalue weighted by Gasteiger charge is 2.16. The van der Waals surface area contributed by atoms with Crippen molar-refractivity contribution in [3.8, 4) is 11.1 Å². The van der Waals surface area contributed by atoms with Gasteiger partial charge in [-0.3, -0.25) is 0 Å². The molecule has 4 rings (SSSR count). The smallest absolute Gasteiger partial charge is 0.295 e. The Kier molecular flexibility index (Phi) is 4.93. The number of nitrogens with zero attached hydrogens (tertiary/aromatic N) is 1. The van der Waals surface area contributed by atoms with Gasteiger partial charge in [0.15, 0.2) is 5.58 Å². The van der Waals surface area contributed by atoms with Crippen molar-refractivity contribution >= 4 is 17.1 Å². The molecule has 1 heterocycles. The number of methoxy groups -OCH3 is 1. The van der Waals surface area contributed by atoms with E-state index < -0.39 is 0 Å². The number of rotatable bonds is 5. The molecule has 1 fully saturated rings. The molecule has 0 aliphatic heterocycles. The Morgan fingerprint density at radius 3 is 2.50 bits per heavy atom. The SMILES string of the molecule is COC(C)c1ccc(-c2ccc3oc(NC4CCCCC4)nc3c2)cc1. The van der Waals surface area contributed by atoms with Crippen LogP contribution in [-0.4, -0.2) is 18.1 Å². The van der Waals surface area contributed by atoms with Gasteiger partial charge in [-0.1, -0.05) is 49.6 Å². The first-order valence-corrected chi connectivity index (χ1v) is 9.53. The lowest BCUT2D eigenvalue weighted by atomic mass is 9.96. The van der Waals surface area contributed by atoms with E-state index in [1.807, 2.05) is 6.07 Å². The zero-order valence-electron chi connectivity index (χ0n) is 15.5. The van der Waals surface area contributed by atoms with Crippen molar-refractivity contribution in [2.24, 2.45) is 0 Å². The number of oxazole rings is 1. The number of nitrogens with one attached hydrogen (secondary N) is 1. The fraction of sp³-hybridized carbons (Fsp3) is 0.409. The summed E-state index contributed by atoms with van der Waals surface area (Å²) >= 11 is 0. The first-order chi connectivity index (χ1) is 12.7. The number of fused-ring (bicyclic) bond motifs is 1. The fourth-order valence-corrected chi connectivity index (χ4v) is 3.67. The van der Waals surface area contributed by atoms with Crippen LogP contribution in [0.2, 0.25) is 0 Å². The van der Waals surface area contributed by atoms with Crippen LogP contribution in [0.1, 0.15) is 50.7 Å². The summed E-state index contributed by atoms with van der Waals surface area (Å²) in [5.74, 6) is 0. The fourth-order valence-electron chi connectivity index (χ4n) is 3.67. The topological polar surface area (TPSA) is 47.3 Å². The van der Waals surface area contributed by atoms with Crippen molar-refractivity contribution in [3.05, 3.63) is 48.0 Å². The summed E-state index contributed by atoms with van der Waals surface area (Å²) in [5, 5.41) is 3.46. The third-order valence-corrected chi connectivity index (χ3v) is 5.39. The number of anilines is 1. The summed E-state index contributed by atoms with van der Waals surface area (Å²) in [7, 11) is 1.73. The van der Waals surface area contributed by atoms with Crippen LogP contribution in [0, 0.1) is 0 Å². The van der Waals surface area contributed by atoms with E-state index in [-0.39, 0.29) is 6.10 Å². The Bertz CT molecular complexity index is 863. The highest BCUT2D eigenvalue weighted by atomic mass is 16.5. The maximum Gasteiger partial charge on any atom is 0.295 e. The summed E-state index contributed by atoms with van der Waals surface area (Å²) < 4.78 is 11.3. The van der Waals surface area contributed by atoms with Gasteiger partial charge in [0.25, 0.3) is 6.01 Å². The average molecular weight is 350 g/mol. The lowest BCUT2D eigenvalue weighted by Gasteiger charge is -2.21. The number of ether oxygens (including phenoxy) is 1. The van der Waals surface area contributed by atoms with Gasteiger partial charge in [0.05, 0.1) is 6.10 Å². The van der Waals surface area contributed by atoms with Crippen LogP contribution in [0.4, 0.5) is 6.01 Å². The Hall–Kier alpha value is -2.33. The first-order valence-electron chi connectivity index (χ1n) is 9.53. The van der Waals surface area contributed by atoms with Gasteiger partial charge < -0.3 is 14.5 Å². The Morgan fingerprint density at radius 2 is 1.77 bits per heavy atom. The highest BCUT2D eigenvalue weighted by Crippen LogP contribution is 2.29. The lowest BCUT2D eigenvalue weighted by molar-refractivity contribution is 0.119. The van der Waals surface area contributed by atoms with Crippen molar-refractivity contribution in [2.45, 2.75) is 51.2 Å². The van der Waals surface area contributed by atoms with Gasteiger partial charge in [0.2, 0.25) is 0 Å². The van der Waals surface area contributed by atoms with Gasteiger partial charge in [0, 0.05) is 13.2 Å². The molecule has 1 aliphatic rings. The van der Waals surface area contributed by atoms with Crippen LogP contribution in [0.15, 0.2) is 46.9 Å². The normalized spacial score (nSPS) is 16.7. The lowest BCUT2D eigenvalue weighted by Crippen LogP contribution is -2.22. The molecule has 0 spiro atoms. The molecule has 1 aliphatic carbocycles. The van der Waals surface area contributed by atoms with E-state index in [9.17, 15) is 0 Å². The van der Waals surface area contributed by atoms with Gasteiger partial charge in [0.1, 0.15) is 5.52 Å². The van der Waals surface area contributed by atoms with Crippen LogP contribution >= 0.6 is 0 Å². The van der Waals surface area contributed by atoms with E-state index in [4.69, 9.17) is 9.15 Å². The summed E-state index contributed by atoms with van der Waals surface area (Å²) in [6, 6.07) is 15.8. The molecule has 0 radical (unpaired) electrons. The largest absolute Gasteiger partial charge is 0.424 e. The Balaban J connectivity index is 1.55. The zero-order chi connectivity index (χ0) is 17.9. The molecule has 4 heteroatoms. The summed E-state index contributed by atoms with van der Waals surface area (Å²) in [6.07, 6.45) is 6.44. The third-order valence-electron chi connectivity index (χ3n) is 5.39. The van der Waals surface area contributed by atoms with Crippen LogP contribution < -0.4 is 5.32 Å². The van der Waals surface area contributed by atoms with Crippen molar-refractivity contribution in [1.82, 2.24) is 4.98 Å². The quantitative estimate of drug-likeness (QED) is 0.618. The molecule has 1 aromatic heterocycles. The number of hydrogen-bond donors (Lipinski definition) is 1. The van der Waals surface area contributed by atoms with Crippen molar-refractivity contribution in [3.63, 3.8) is 0 Å². The molecule has 4 nitrogen and oxygen atoms in total. The molecule has 1 N–H and O–H groups in total. The van der Waals surface area contributed by atoms with Crippen molar-refractivity contribution in [1.29, 1.82) is 0 Å². The second-order valence-electron chi connectivity index (χ2n) is 7.18. The van der Waals surface area contributed by atoms with Crippen LogP contribution in [-0.2, 0) is 4.74 Å². The van der Waals surface area contributed by atoms with Crippen LogP contribution in [0.25, 0.3) is 22.2 Å². The van der Waals surface area contributed by atoms with Crippen molar-refractivity contribution < 1.29 is 9.15 Å². The monoisotopic (exact) mass is 350 g/mol. The predicted molar refractivity (Wildman–Crippen MR) is 105 cm³/mol. The standard InChI is InChI=1S/C22H26N2O2/c1-15(25-2)16-8-10-17(11-9-16)18-12-13-21-20(14-18)24-22(26-21)23-19-6-4-3-5-7-19/h8-15,19H,3-7H2,1-2H3,(H,23,24). The molecule has 136 valence electrons. The maximum atomic E-state index is 5.89. The van der Waals surface area contributed by atoms with Crippen LogP contribution in [0.3, 0.4) is 0 Å². The Labute approximate surface area is 154 Å². The molecular formula is C22H26N2O2. The number of aromatic nitrogens is 1. The van der Waals surface area contributed by atoms with E-state index in [1.165, 1.54) is 43.2 Å². The summed E-state index contributed by atoms with van der Waals surface area (Å²) in [6.45, 7) is 2.05. The third kappa shape index (κ3) is 3.61. The molecule has 1 unspecified atom stereocenters. The molecule has 26 heavy (non-hydrogen) atoms. The Morgan fingerprint density at radius 1 is 1.04 bits per heavy atom. The molecule has 2 aromatic carbocycles. The van der Waals surface area contributed by atoms with Gasteiger partial charge in [-0.2, -0.15) is 4.98 Å². The van der Waals surface area contributed by atoms with E-state index in [0.29, 0.717) is 12.1 Å². The summed E-state index contributed by atoms with van der Waals surface area (Å²) in [4.78, 5) is 4.65. The van der Waals surface area contributed by atoms with Crippen LogP contribution in [0.5, 0.6) is 0 Å². The molecular weight excluding hydrogens is 324 g/mol. The van der Waals surface area contributed by atoms with E-state index in [0.717, 1.165) is 16.7 Å². The molecule has 1 atom stereocenters. The van der Waals surface area contributed by atoms with Crippen molar-refractivity contribution in [2.75, 3.05) is 12.4 Å². The highest BCUT2D eigenvalue weighted by molar-refractivity contribution is 5.81. The zero-order valence-corrected chi connectivity index (χ0v) is 15.5. The summed E-state index contributed by atoms with van der Waals surface area (Å²) in [5.41, 5.74) is 5.22. The van der Waals surface area contributed by atoms with E-state index in [2.05, 4.69) is 53.6 Å². The van der Waals surface area contributed by atoms with Gasteiger partial charge >= 0.3 is 0 Å². The molecule has 0 saturated heterocycles. The van der Waals surface area contributed by atoms with Gasteiger partial charge in [-0.05, 0) is 48.6 Å². The minimum Gasteiger partial charge on any atom is -0.424 e. The van der Waals surface area contributed by atoms with Gasteiger partial charge in [-0.15, -0.1) is 0 Å². The van der Waals surface area contributed by atoms with Gasteiger partial charge in [-0.25, -0.2) is 0 Å². The second kappa shape index (κ2) is 7.50. The number of benzene rings is 2.